The summed E-state index contributed by atoms with van der Waals surface area (Å²) < 4.78 is 25.9. The number of rotatable bonds is 6. The number of nitrogens with zero attached hydrogens (tertiary/aromatic N) is 2. The van der Waals surface area contributed by atoms with Crippen molar-refractivity contribution in [2.24, 2.45) is 0 Å². The van der Waals surface area contributed by atoms with Gasteiger partial charge in [-0.2, -0.15) is 4.31 Å². The number of fused-ring (bicyclic) bond motifs is 1. The van der Waals surface area contributed by atoms with E-state index in [0.29, 0.717) is 11.0 Å². The van der Waals surface area contributed by atoms with E-state index in [0.717, 1.165) is 4.31 Å². The Morgan fingerprint density at radius 3 is 2.58 bits per heavy atom. The Balaban J connectivity index is 2.48. The molecule has 0 aliphatic rings. The zero-order valence-corrected chi connectivity index (χ0v) is 11.0. The molecule has 0 spiro atoms. The first-order valence-corrected chi connectivity index (χ1v) is 7.19. The quantitative estimate of drug-likeness (QED) is 0.666. The van der Waals surface area contributed by atoms with Gasteiger partial charge in [0, 0.05) is 30.9 Å². The van der Waals surface area contributed by atoms with Gasteiger partial charge >= 0.3 is 0 Å². The maximum absolute atomic E-state index is 12.4. The van der Waals surface area contributed by atoms with Crippen LogP contribution in [-0.4, -0.2) is 59.2 Å². The standard InChI is InChI=1S/C11H15N3O4S/c15-6-4-14(5-7-16)19(17,18)10-8-13-11-9(10)2-1-3-12-11/h1-3,8,15-16H,4-7H2,(H,12,13). The first-order chi connectivity index (χ1) is 9.11. The maximum atomic E-state index is 12.4. The van der Waals surface area contributed by atoms with Crippen LogP contribution in [0.2, 0.25) is 0 Å². The minimum Gasteiger partial charge on any atom is -0.395 e. The number of sulfonamides is 1. The van der Waals surface area contributed by atoms with Gasteiger partial charge in [-0.15, -0.1) is 0 Å². The van der Waals surface area contributed by atoms with Gasteiger partial charge < -0.3 is 15.2 Å². The Morgan fingerprint density at radius 2 is 1.95 bits per heavy atom. The summed E-state index contributed by atoms with van der Waals surface area (Å²) in [5.74, 6) is 0. The Bertz CT molecular complexity index is 647. The van der Waals surface area contributed by atoms with Crippen molar-refractivity contribution < 1.29 is 18.6 Å². The molecule has 0 atom stereocenters. The third-order valence-electron chi connectivity index (χ3n) is 2.73. The van der Waals surface area contributed by atoms with Crippen LogP contribution in [-0.2, 0) is 10.0 Å². The highest BCUT2D eigenvalue weighted by Gasteiger charge is 2.26. The van der Waals surface area contributed by atoms with Crippen LogP contribution in [0.4, 0.5) is 0 Å². The van der Waals surface area contributed by atoms with Gasteiger partial charge in [0.05, 0.1) is 13.2 Å². The average Bonchev–Trinajstić information content (AvgIpc) is 2.83. The Labute approximate surface area is 110 Å². The van der Waals surface area contributed by atoms with E-state index < -0.39 is 10.0 Å². The summed E-state index contributed by atoms with van der Waals surface area (Å²) >= 11 is 0. The first kappa shape index (κ1) is 13.9. The molecule has 0 fully saturated rings. The summed E-state index contributed by atoms with van der Waals surface area (Å²) in [5.41, 5.74) is 0.481. The van der Waals surface area contributed by atoms with Gasteiger partial charge in [0.1, 0.15) is 10.5 Å². The molecule has 7 nitrogen and oxygen atoms in total. The van der Waals surface area contributed by atoms with Gasteiger partial charge in [0.25, 0.3) is 0 Å². The van der Waals surface area contributed by atoms with Crippen LogP contribution in [0.25, 0.3) is 11.0 Å². The molecule has 2 rings (SSSR count). The molecule has 0 aromatic carbocycles. The molecule has 0 aliphatic heterocycles. The zero-order chi connectivity index (χ0) is 13.9. The number of aromatic amines is 1. The topological polar surface area (TPSA) is 107 Å². The van der Waals surface area contributed by atoms with E-state index in [-0.39, 0.29) is 31.2 Å². The highest BCUT2D eigenvalue weighted by Crippen LogP contribution is 2.23. The number of nitrogens with one attached hydrogen (secondary N) is 1. The smallest absolute Gasteiger partial charge is 0.245 e. The van der Waals surface area contributed by atoms with Crippen molar-refractivity contribution in [3.8, 4) is 0 Å². The summed E-state index contributed by atoms with van der Waals surface area (Å²) in [6.45, 7) is -0.731. The molecule has 0 saturated carbocycles. The van der Waals surface area contributed by atoms with Crippen LogP contribution >= 0.6 is 0 Å². The second-order valence-electron chi connectivity index (χ2n) is 3.90. The van der Waals surface area contributed by atoms with Gasteiger partial charge in [-0.05, 0) is 12.1 Å². The minimum absolute atomic E-state index is 0.0597. The second-order valence-corrected chi connectivity index (χ2v) is 5.81. The summed E-state index contributed by atoms with van der Waals surface area (Å²) in [6, 6.07) is 3.30. The normalized spacial score (nSPS) is 12.4. The van der Waals surface area contributed by atoms with Crippen molar-refractivity contribution in [1.82, 2.24) is 14.3 Å². The van der Waals surface area contributed by atoms with Crippen molar-refractivity contribution in [2.75, 3.05) is 26.3 Å². The van der Waals surface area contributed by atoms with E-state index in [9.17, 15) is 8.42 Å². The van der Waals surface area contributed by atoms with Crippen LogP contribution in [0.5, 0.6) is 0 Å². The Hall–Kier alpha value is -1.48. The molecule has 0 saturated heterocycles. The summed E-state index contributed by atoms with van der Waals surface area (Å²) in [5, 5.41) is 18.3. The monoisotopic (exact) mass is 285 g/mol. The third kappa shape index (κ3) is 2.61. The number of hydrogen-bond donors (Lipinski definition) is 3. The van der Waals surface area contributed by atoms with E-state index in [2.05, 4.69) is 9.97 Å². The first-order valence-electron chi connectivity index (χ1n) is 5.75. The second kappa shape index (κ2) is 5.66. The molecule has 104 valence electrons. The van der Waals surface area contributed by atoms with Crippen LogP contribution in [0, 0.1) is 0 Å². The predicted molar refractivity (Wildman–Crippen MR) is 69.0 cm³/mol. The fraction of sp³-hybridized carbons (Fsp3) is 0.364. The van der Waals surface area contributed by atoms with Crippen LogP contribution in [0.3, 0.4) is 0 Å². The molecular weight excluding hydrogens is 270 g/mol. The third-order valence-corrected chi connectivity index (χ3v) is 4.67. The van der Waals surface area contributed by atoms with Crippen molar-refractivity contribution >= 4 is 21.1 Å². The van der Waals surface area contributed by atoms with Gasteiger partial charge in [-0.3, -0.25) is 0 Å². The highest BCUT2D eigenvalue weighted by atomic mass is 32.2. The lowest BCUT2D eigenvalue weighted by atomic mass is 10.3. The Kier molecular flexibility index (Phi) is 4.15. The van der Waals surface area contributed by atoms with Crippen LogP contribution < -0.4 is 0 Å². The lowest BCUT2D eigenvalue weighted by Gasteiger charge is -2.19. The number of aliphatic hydroxyl groups excluding tert-OH is 2. The molecule has 3 N–H and O–H groups in total. The predicted octanol–water partition coefficient (Wildman–Crippen LogP) is -0.462. The number of pyridine rings is 1. The highest BCUT2D eigenvalue weighted by molar-refractivity contribution is 7.89. The fourth-order valence-electron chi connectivity index (χ4n) is 1.86. The van der Waals surface area contributed by atoms with E-state index >= 15 is 0 Å². The van der Waals surface area contributed by atoms with E-state index in [1.807, 2.05) is 0 Å². The number of hydrogen-bond acceptors (Lipinski definition) is 5. The van der Waals surface area contributed by atoms with Gasteiger partial charge in [0.2, 0.25) is 10.0 Å². The lowest BCUT2D eigenvalue weighted by Crippen LogP contribution is -2.35. The Morgan fingerprint density at radius 1 is 1.26 bits per heavy atom. The fourth-order valence-corrected chi connectivity index (χ4v) is 3.43. The van der Waals surface area contributed by atoms with Gasteiger partial charge in [-0.25, -0.2) is 13.4 Å². The SMILES string of the molecule is O=S(=O)(c1c[nH]c2ncccc12)N(CCO)CCO. The summed E-state index contributed by atoms with van der Waals surface area (Å²) in [7, 11) is -3.77. The maximum Gasteiger partial charge on any atom is 0.245 e. The van der Waals surface area contributed by atoms with Crippen molar-refractivity contribution in [1.29, 1.82) is 0 Å². The van der Waals surface area contributed by atoms with E-state index in [1.54, 1.807) is 18.3 Å². The summed E-state index contributed by atoms with van der Waals surface area (Å²) in [6.07, 6.45) is 2.93. The molecule has 0 radical (unpaired) electrons. The van der Waals surface area contributed by atoms with E-state index in [4.69, 9.17) is 10.2 Å². The van der Waals surface area contributed by atoms with Crippen LogP contribution in [0.15, 0.2) is 29.4 Å². The van der Waals surface area contributed by atoms with Gasteiger partial charge in [0.15, 0.2) is 0 Å². The van der Waals surface area contributed by atoms with Crippen LogP contribution in [0.1, 0.15) is 0 Å². The number of aliphatic hydroxyl groups is 2. The molecule has 19 heavy (non-hydrogen) atoms. The zero-order valence-electron chi connectivity index (χ0n) is 10.2. The van der Waals surface area contributed by atoms with E-state index in [1.165, 1.54) is 6.20 Å². The molecule has 0 amide bonds. The largest absolute Gasteiger partial charge is 0.395 e. The van der Waals surface area contributed by atoms with Crippen molar-refractivity contribution in [3.63, 3.8) is 0 Å². The molecule has 8 heteroatoms. The summed E-state index contributed by atoms with van der Waals surface area (Å²) in [4.78, 5) is 6.92. The average molecular weight is 285 g/mol. The lowest BCUT2D eigenvalue weighted by molar-refractivity contribution is 0.217. The molecule has 0 unspecified atom stereocenters. The van der Waals surface area contributed by atoms with Gasteiger partial charge in [-0.1, -0.05) is 0 Å². The molecule has 2 aromatic heterocycles. The molecule has 0 aliphatic carbocycles. The van der Waals surface area contributed by atoms with Crippen molar-refractivity contribution in [3.05, 3.63) is 24.5 Å². The number of H-pyrrole nitrogens is 1. The minimum atomic E-state index is -3.77. The molecular formula is C11H15N3O4S. The molecule has 2 heterocycles. The molecule has 0 bridgehead atoms. The molecule has 2 aromatic rings. The van der Waals surface area contributed by atoms with Crippen molar-refractivity contribution in [2.45, 2.75) is 4.90 Å². The number of aromatic nitrogens is 2.